The lowest BCUT2D eigenvalue weighted by molar-refractivity contribution is 0.305. The van der Waals surface area contributed by atoms with Crippen molar-refractivity contribution in [1.29, 1.82) is 0 Å². The molecule has 0 aliphatic rings. The van der Waals surface area contributed by atoms with Crippen LogP contribution in [0.4, 0.5) is 0 Å². The van der Waals surface area contributed by atoms with Crippen molar-refractivity contribution in [3.05, 3.63) is 65.2 Å². The minimum atomic E-state index is 0.0805. The zero-order chi connectivity index (χ0) is 20.5. The maximum Gasteiger partial charge on any atom is 0.202 e. The van der Waals surface area contributed by atoms with Crippen LogP contribution < -0.4 is 0 Å². The first kappa shape index (κ1) is 19.8. The highest BCUT2D eigenvalue weighted by molar-refractivity contribution is 7.99. The van der Waals surface area contributed by atoms with Crippen LogP contribution in [0, 0.1) is 6.92 Å². The van der Waals surface area contributed by atoms with Crippen LogP contribution in [-0.4, -0.2) is 43.7 Å². The van der Waals surface area contributed by atoms with Gasteiger partial charge in [0.2, 0.25) is 5.16 Å². The molecule has 0 aliphatic heterocycles. The Bertz CT molecular complexity index is 1160. The van der Waals surface area contributed by atoms with E-state index in [1.165, 1.54) is 11.8 Å². The average Bonchev–Trinajstić information content (AvgIpc) is 3.11. The van der Waals surface area contributed by atoms with Crippen LogP contribution in [0.1, 0.15) is 24.4 Å². The zero-order valence-electron chi connectivity index (χ0n) is 16.7. The lowest BCUT2D eigenvalue weighted by Gasteiger charge is -2.20. The molecule has 6 nitrogen and oxygen atoms in total. The van der Waals surface area contributed by atoms with Crippen molar-refractivity contribution >= 4 is 34.3 Å². The van der Waals surface area contributed by atoms with Gasteiger partial charge in [0.15, 0.2) is 5.82 Å². The zero-order valence-corrected chi connectivity index (χ0v) is 18.2. The summed E-state index contributed by atoms with van der Waals surface area (Å²) in [5.74, 6) is 0.856. The Morgan fingerprint density at radius 2 is 1.79 bits per heavy atom. The molecule has 29 heavy (non-hydrogen) atoms. The van der Waals surface area contributed by atoms with Crippen molar-refractivity contribution in [3.63, 3.8) is 0 Å². The first-order chi connectivity index (χ1) is 13.9. The molecule has 4 aromatic rings. The highest BCUT2D eigenvalue weighted by Crippen LogP contribution is 2.34. The fourth-order valence-corrected chi connectivity index (χ4v) is 4.04. The number of rotatable bonds is 5. The Labute approximate surface area is 179 Å². The second-order valence-corrected chi connectivity index (χ2v) is 8.49. The lowest BCUT2D eigenvalue weighted by atomic mass is 10.2. The molecule has 148 valence electrons. The maximum absolute atomic E-state index is 6.10. The van der Waals surface area contributed by atoms with E-state index in [4.69, 9.17) is 11.6 Å². The van der Waals surface area contributed by atoms with E-state index in [9.17, 15) is 0 Å². The van der Waals surface area contributed by atoms with Crippen molar-refractivity contribution in [2.75, 3.05) is 14.1 Å². The Kier molecular flexibility index (Phi) is 5.54. The summed E-state index contributed by atoms with van der Waals surface area (Å²) in [5, 5.41) is 12.3. The average molecular weight is 425 g/mol. The normalized spacial score (nSPS) is 12.6. The van der Waals surface area contributed by atoms with Crippen molar-refractivity contribution in [1.82, 2.24) is 29.6 Å². The van der Waals surface area contributed by atoms with Gasteiger partial charge in [0.25, 0.3) is 0 Å². The molecule has 0 spiro atoms. The van der Waals surface area contributed by atoms with Crippen molar-refractivity contribution in [3.8, 4) is 5.69 Å². The molecule has 0 fully saturated rings. The van der Waals surface area contributed by atoms with Gasteiger partial charge in [-0.3, -0.25) is 9.47 Å². The summed E-state index contributed by atoms with van der Waals surface area (Å²) < 4.78 is 2.06. The third-order valence-electron chi connectivity index (χ3n) is 4.83. The molecule has 2 aromatic heterocycles. The van der Waals surface area contributed by atoms with Crippen LogP contribution in [0.2, 0.25) is 5.02 Å². The van der Waals surface area contributed by atoms with Gasteiger partial charge in [0.1, 0.15) is 11.4 Å². The second kappa shape index (κ2) is 8.10. The molecule has 2 heterocycles. The minimum absolute atomic E-state index is 0.0805. The summed E-state index contributed by atoms with van der Waals surface area (Å²) >= 11 is 7.59. The predicted molar refractivity (Wildman–Crippen MR) is 117 cm³/mol. The molecule has 0 radical (unpaired) electrons. The monoisotopic (exact) mass is 424 g/mol. The summed E-state index contributed by atoms with van der Waals surface area (Å²) in [7, 11) is 4.05. The van der Waals surface area contributed by atoms with Gasteiger partial charge in [0, 0.05) is 16.1 Å². The van der Waals surface area contributed by atoms with Gasteiger partial charge in [-0.05, 0) is 76.1 Å². The Hall–Kier alpha value is -2.48. The molecule has 0 N–H and O–H groups in total. The Balaban J connectivity index is 1.84. The second-order valence-electron chi connectivity index (χ2n) is 7.09. The highest BCUT2D eigenvalue weighted by atomic mass is 35.5. The van der Waals surface area contributed by atoms with E-state index in [0.29, 0.717) is 5.02 Å². The van der Waals surface area contributed by atoms with E-state index in [2.05, 4.69) is 55.6 Å². The van der Waals surface area contributed by atoms with Crippen LogP contribution >= 0.6 is 23.4 Å². The maximum atomic E-state index is 6.10. The van der Waals surface area contributed by atoms with Crippen molar-refractivity contribution < 1.29 is 0 Å². The SMILES string of the molecule is Cc1ccc2ncnc(Sc3nnc(C(C)N(C)C)n3-c3ccc(Cl)cc3)c2c1. The summed E-state index contributed by atoms with van der Waals surface area (Å²) in [5.41, 5.74) is 3.03. The van der Waals surface area contributed by atoms with Crippen LogP contribution in [0.3, 0.4) is 0 Å². The number of nitrogens with zero attached hydrogens (tertiary/aromatic N) is 6. The largest absolute Gasteiger partial charge is 0.300 e. The molecule has 1 atom stereocenters. The molecule has 4 rings (SSSR count). The first-order valence-corrected chi connectivity index (χ1v) is 10.4. The standard InChI is InChI=1S/C21H21ClN6S/c1-13-5-10-18-17(11-13)20(24-12-23-18)29-21-26-25-19(14(2)27(3)4)28(21)16-8-6-15(22)7-9-16/h5-12,14H,1-4H3. The number of fused-ring (bicyclic) bond motifs is 1. The molecule has 0 bridgehead atoms. The van der Waals surface area contributed by atoms with Gasteiger partial charge >= 0.3 is 0 Å². The molecule has 0 saturated carbocycles. The number of hydrogen-bond donors (Lipinski definition) is 0. The first-order valence-electron chi connectivity index (χ1n) is 9.21. The molecule has 0 amide bonds. The molecule has 1 unspecified atom stereocenters. The van der Waals surface area contributed by atoms with Gasteiger partial charge in [-0.15, -0.1) is 10.2 Å². The third kappa shape index (κ3) is 3.99. The van der Waals surface area contributed by atoms with Gasteiger partial charge in [-0.1, -0.05) is 23.2 Å². The molecule has 2 aromatic carbocycles. The number of aryl methyl sites for hydroxylation is 1. The highest BCUT2D eigenvalue weighted by Gasteiger charge is 2.22. The summed E-state index contributed by atoms with van der Waals surface area (Å²) in [4.78, 5) is 11.0. The number of aromatic nitrogens is 5. The number of hydrogen-bond acceptors (Lipinski definition) is 6. The topological polar surface area (TPSA) is 59.7 Å². The molecular weight excluding hydrogens is 404 g/mol. The van der Waals surface area contributed by atoms with Gasteiger partial charge in [-0.25, -0.2) is 9.97 Å². The van der Waals surface area contributed by atoms with E-state index < -0.39 is 0 Å². The predicted octanol–water partition coefficient (Wildman–Crippen LogP) is 4.95. The molecule has 8 heteroatoms. The van der Waals surface area contributed by atoms with E-state index in [0.717, 1.165) is 38.2 Å². The van der Waals surface area contributed by atoms with Crippen LogP contribution in [0.15, 0.2) is 59.0 Å². The van der Waals surface area contributed by atoms with E-state index in [1.54, 1.807) is 6.33 Å². The number of benzene rings is 2. The third-order valence-corrected chi connectivity index (χ3v) is 6.05. The smallest absolute Gasteiger partial charge is 0.202 e. The quantitative estimate of drug-likeness (QED) is 0.422. The summed E-state index contributed by atoms with van der Waals surface area (Å²) in [6.45, 7) is 4.17. The Morgan fingerprint density at radius 3 is 2.52 bits per heavy atom. The van der Waals surface area contributed by atoms with Crippen LogP contribution in [0.25, 0.3) is 16.6 Å². The Morgan fingerprint density at radius 1 is 1.03 bits per heavy atom. The lowest BCUT2D eigenvalue weighted by Crippen LogP contribution is -2.20. The summed E-state index contributed by atoms with van der Waals surface area (Å²) in [6.07, 6.45) is 1.59. The van der Waals surface area contributed by atoms with Gasteiger partial charge in [-0.2, -0.15) is 0 Å². The van der Waals surface area contributed by atoms with Crippen molar-refractivity contribution in [2.45, 2.75) is 30.1 Å². The molecule has 0 aliphatic carbocycles. The van der Waals surface area contributed by atoms with Crippen molar-refractivity contribution in [2.24, 2.45) is 0 Å². The van der Waals surface area contributed by atoms with Gasteiger partial charge < -0.3 is 0 Å². The fourth-order valence-electron chi connectivity index (χ4n) is 3.00. The van der Waals surface area contributed by atoms with Crippen LogP contribution in [-0.2, 0) is 0 Å². The minimum Gasteiger partial charge on any atom is -0.300 e. The molecular formula is C21H21ClN6S. The molecule has 0 saturated heterocycles. The fraction of sp³-hybridized carbons (Fsp3) is 0.238. The number of halogens is 1. The van der Waals surface area contributed by atoms with Gasteiger partial charge in [0.05, 0.1) is 11.6 Å². The van der Waals surface area contributed by atoms with E-state index in [1.807, 2.05) is 44.4 Å². The summed E-state index contributed by atoms with van der Waals surface area (Å²) in [6, 6.07) is 13.9. The van der Waals surface area contributed by atoms with E-state index in [-0.39, 0.29) is 6.04 Å². The van der Waals surface area contributed by atoms with Crippen LogP contribution in [0.5, 0.6) is 0 Å². The van der Waals surface area contributed by atoms with E-state index >= 15 is 0 Å².